The van der Waals surface area contributed by atoms with E-state index in [1.807, 2.05) is 0 Å². The molecule has 5 heteroatoms. The molecule has 0 spiro atoms. The van der Waals surface area contributed by atoms with Gasteiger partial charge < -0.3 is 0 Å². The molecule has 0 radical (unpaired) electrons. The van der Waals surface area contributed by atoms with Crippen LogP contribution in [0.2, 0.25) is 5.02 Å². The fraction of sp³-hybridized carbons (Fsp3) is 0.286. The molecule has 12 heavy (non-hydrogen) atoms. The van der Waals surface area contributed by atoms with Crippen LogP contribution in [-0.2, 0) is 6.67 Å². The Morgan fingerprint density at radius 2 is 2.17 bits per heavy atom. The van der Waals surface area contributed by atoms with E-state index in [1.54, 1.807) is 0 Å². The predicted molar refractivity (Wildman–Crippen MR) is 39.0 cm³/mol. The number of aromatic nitrogens is 1. The lowest BCUT2D eigenvalue weighted by Gasteiger charge is -2.01. The first kappa shape index (κ1) is 9.32. The molecule has 0 N–H and O–H groups in total. The monoisotopic (exact) mass is 195 g/mol. The number of rotatable bonds is 2. The molecular weight excluding hydrogens is 191 g/mol. The van der Waals surface area contributed by atoms with Crippen molar-refractivity contribution in [1.29, 1.82) is 0 Å². The Morgan fingerprint density at radius 1 is 1.50 bits per heavy atom. The lowest BCUT2D eigenvalue weighted by Crippen LogP contribution is -1.91. The molecule has 0 aliphatic heterocycles. The summed E-state index contributed by atoms with van der Waals surface area (Å²) >= 11 is 5.44. The second-order valence-corrected chi connectivity index (χ2v) is 2.54. The average Bonchev–Trinajstić information content (AvgIpc) is 2.04. The van der Waals surface area contributed by atoms with Gasteiger partial charge in [-0.15, -0.1) is 0 Å². The highest BCUT2D eigenvalue weighted by Crippen LogP contribution is 2.23. The van der Waals surface area contributed by atoms with E-state index in [1.165, 1.54) is 0 Å². The SMILES string of the molecule is FCc1ncc(C(F)F)cc1Cl. The van der Waals surface area contributed by atoms with Crippen molar-refractivity contribution in [3.63, 3.8) is 0 Å². The summed E-state index contributed by atoms with van der Waals surface area (Å²) in [6.45, 7) is -0.845. The van der Waals surface area contributed by atoms with Crippen LogP contribution >= 0.6 is 11.6 Å². The van der Waals surface area contributed by atoms with Crippen molar-refractivity contribution in [2.45, 2.75) is 13.1 Å². The minimum absolute atomic E-state index is 0.0129. The average molecular weight is 196 g/mol. The Balaban J connectivity index is 3.02. The Labute approximate surface area is 72.2 Å². The van der Waals surface area contributed by atoms with E-state index in [4.69, 9.17) is 11.6 Å². The van der Waals surface area contributed by atoms with E-state index >= 15 is 0 Å². The largest absolute Gasteiger partial charge is 0.265 e. The van der Waals surface area contributed by atoms with E-state index < -0.39 is 13.1 Å². The van der Waals surface area contributed by atoms with Gasteiger partial charge in [0.15, 0.2) is 0 Å². The quantitative estimate of drug-likeness (QED) is 0.707. The van der Waals surface area contributed by atoms with Crippen LogP contribution in [0.4, 0.5) is 13.2 Å². The first-order valence-electron chi connectivity index (χ1n) is 3.13. The second kappa shape index (κ2) is 3.76. The smallest absolute Gasteiger partial charge is 0.256 e. The number of alkyl halides is 3. The van der Waals surface area contributed by atoms with Gasteiger partial charge in [0.1, 0.15) is 6.67 Å². The number of halogens is 4. The summed E-state index contributed by atoms with van der Waals surface area (Å²) in [5, 5.41) is -0.0599. The standard InChI is InChI=1S/C7H5ClF3N/c8-5-1-4(7(10)11)3-12-6(5)2-9/h1,3,7H,2H2. The molecule has 0 saturated carbocycles. The molecule has 1 aromatic heterocycles. The molecule has 0 amide bonds. The van der Waals surface area contributed by atoms with Gasteiger partial charge in [-0.1, -0.05) is 11.6 Å². The van der Waals surface area contributed by atoms with Crippen molar-refractivity contribution in [3.8, 4) is 0 Å². The highest BCUT2D eigenvalue weighted by atomic mass is 35.5. The fourth-order valence-corrected chi connectivity index (χ4v) is 0.924. The van der Waals surface area contributed by atoms with Gasteiger partial charge >= 0.3 is 0 Å². The van der Waals surface area contributed by atoms with E-state index in [2.05, 4.69) is 4.98 Å². The molecular formula is C7H5ClF3N. The summed E-state index contributed by atoms with van der Waals surface area (Å²) in [5.41, 5.74) is -0.307. The summed E-state index contributed by atoms with van der Waals surface area (Å²) in [5.74, 6) is 0. The van der Waals surface area contributed by atoms with Gasteiger partial charge in [-0.2, -0.15) is 0 Å². The summed E-state index contributed by atoms with van der Waals surface area (Å²) in [7, 11) is 0. The Morgan fingerprint density at radius 3 is 2.58 bits per heavy atom. The maximum absolute atomic E-state index is 12.0. The van der Waals surface area contributed by atoms with Crippen LogP contribution < -0.4 is 0 Å². The molecule has 0 fully saturated rings. The molecule has 1 aromatic rings. The molecule has 66 valence electrons. The third-order valence-electron chi connectivity index (χ3n) is 1.32. The van der Waals surface area contributed by atoms with E-state index in [9.17, 15) is 13.2 Å². The maximum Gasteiger partial charge on any atom is 0.265 e. The summed E-state index contributed by atoms with van der Waals surface area (Å²) in [4.78, 5) is 3.43. The molecule has 0 bridgehead atoms. The summed E-state index contributed by atoms with van der Waals surface area (Å²) in [6, 6.07) is 1.02. The zero-order valence-electron chi connectivity index (χ0n) is 5.90. The van der Waals surface area contributed by atoms with Gasteiger partial charge in [0.25, 0.3) is 6.43 Å². The molecule has 0 aromatic carbocycles. The number of hydrogen-bond acceptors (Lipinski definition) is 1. The fourth-order valence-electron chi connectivity index (χ4n) is 0.699. The maximum atomic E-state index is 12.0. The van der Waals surface area contributed by atoms with Gasteiger partial charge in [-0.25, -0.2) is 13.2 Å². The first-order chi connectivity index (χ1) is 5.65. The van der Waals surface area contributed by atoms with Crippen molar-refractivity contribution in [2.75, 3.05) is 0 Å². The van der Waals surface area contributed by atoms with Gasteiger partial charge in [-0.3, -0.25) is 4.98 Å². The number of hydrogen-bond donors (Lipinski definition) is 0. The van der Waals surface area contributed by atoms with E-state index in [0.717, 1.165) is 12.3 Å². The first-order valence-corrected chi connectivity index (χ1v) is 3.51. The highest BCUT2D eigenvalue weighted by molar-refractivity contribution is 6.31. The zero-order chi connectivity index (χ0) is 9.14. The normalized spacial score (nSPS) is 10.8. The van der Waals surface area contributed by atoms with Crippen molar-refractivity contribution >= 4 is 11.6 Å². The van der Waals surface area contributed by atoms with Gasteiger partial charge in [0.2, 0.25) is 0 Å². The van der Waals surface area contributed by atoms with Crippen LogP contribution in [0.3, 0.4) is 0 Å². The molecule has 0 aliphatic rings. The van der Waals surface area contributed by atoms with Crippen LogP contribution in [0.1, 0.15) is 17.7 Å². The van der Waals surface area contributed by atoms with Gasteiger partial charge in [0, 0.05) is 11.8 Å². The van der Waals surface area contributed by atoms with Crippen molar-refractivity contribution in [1.82, 2.24) is 4.98 Å². The third kappa shape index (κ3) is 1.88. The lowest BCUT2D eigenvalue weighted by molar-refractivity contribution is 0.151. The molecule has 0 unspecified atom stereocenters. The molecule has 1 heterocycles. The highest BCUT2D eigenvalue weighted by Gasteiger charge is 2.10. The topological polar surface area (TPSA) is 12.9 Å². The van der Waals surface area contributed by atoms with E-state index in [-0.39, 0.29) is 16.3 Å². The van der Waals surface area contributed by atoms with Crippen LogP contribution in [0.25, 0.3) is 0 Å². The third-order valence-corrected chi connectivity index (χ3v) is 1.64. The molecule has 0 aliphatic carbocycles. The van der Waals surface area contributed by atoms with Crippen LogP contribution in [0.15, 0.2) is 12.3 Å². The van der Waals surface area contributed by atoms with Crippen LogP contribution in [0.5, 0.6) is 0 Å². The van der Waals surface area contributed by atoms with Crippen LogP contribution in [-0.4, -0.2) is 4.98 Å². The Hall–Kier alpha value is -0.770. The van der Waals surface area contributed by atoms with Crippen molar-refractivity contribution in [2.24, 2.45) is 0 Å². The molecule has 0 saturated heterocycles. The lowest BCUT2D eigenvalue weighted by atomic mass is 10.2. The minimum Gasteiger partial charge on any atom is -0.256 e. The summed E-state index contributed by atoms with van der Waals surface area (Å²) < 4.78 is 36.0. The Bertz CT molecular complexity index is 277. The zero-order valence-corrected chi connectivity index (χ0v) is 6.65. The predicted octanol–water partition coefficient (Wildman–Crippen LogP) is 3.14. The Kier molecular flexibility index (Phi) is 2.92. The van der Waals surface area contributed by atoms with E-state index in [0.29, 0.717) is 0 Å². The van der Waals surface area contributed by atoms with Gasteiger partial charge in [0.05, 0.1) is 10.7 Å². The number of pyridine rings is 1. The molecule has 0 atom stereocenters. The number of nitrogens with zero attached hydrogens (tertiary/aromatic N) is 1. The minimum atomic E-state index is -2.62. The molecule has 1 rings (SSSR count). The van der Waals surface area contributed by atoms with Crippen molar-refractivity contribution in [3.05, 3.63) is 28.5 Å². The second-order valence-electron chi connectivity index (χ2n) is 2.13. The summed E-state index contributed by atoms with van der Waals surface area (Å²) in [6.07, 6.45) is -1.70. The molecule has 1 nitrogen and oxygen atoms in total. The van der Waals surface area contributed by atoms with Crippen molar-refractivity contribution < 1.29 is 13.2 Å². The van der Waals surface area contributed by atoms with Crippen LogP contribution in [0, 0.1) is 0 Å². The van der Waals surface area contributed by atoms with Gasteiger partial charge in [-0.05, 0) is 6.07 Å².